The molecule has 0 saturated carbocycles. The largest absolute Gasteiger partial charge is 0.457 e. The van der Waals surface area contributed by atoms with E-state index in [0.29, 0.717) is 11.2 Å². The van der Waals surface area contributed by atoms with Crippen molar-refractivity contribution in [3.05, 3.63) is 73.8 Å². The number of aromatic nitrogens is 1. The Balaban J connectivity index is 2.52. The molecule has 0 radical (unpaired) electrons. The van der Waals surface area contributed by atoms with Gasteiger partial charge in [0.25, 0.3) is 5.56 Å². The number of nitrogens with zero attached hydrogens (tertiary/aromatic N) is 2. The van der Waals surface area contributed by atoms with Crippen LogP contribution in [0.4, 0.5) is 5.69 Å². The standard InChI is InChI=1S/C21H19N3O4S/c1-3-10-28-21(27)16(13-22)12-19-24(4-2)20(26)18(29-19)8-9-23-17-7-5-6-15(11-17)14-25/h3,5-7,9,11,23,25H,1,4,10,14H2,2H3. The van der Waals surface area contributed by atoms with Gasteiger partial charge in [-0.2, -0.15) is 5.26 Å². The summed E-state index contributed by atoms with van der Waals surface area (Å²) in [6.45, 7) is 5.45. The molecule has 0 aliphatic rings. The number of rotatable bonds is 7. The zero-order chi connectivity index (χ0) is 21.2. The predicted molar refractivity (Wildman–Crippen MR) is 111 cm³/mol. The Labute approximate surface area is 171 Å². The monoisotopic (exact) mass is 409 g/mol. The van der Waals surface area contributed by atoms with Gasteiger partial charge in [0.1, 0.15) is 21.9 Å². The summed E-state index contributed by atoms with van der Waals surface area (Å²) in [6, 6.07) is 8.91. The highest BCUT2D eigenvalue weighted by atomic mass is 32.1. The Morgan fingerprint density at radius 1 is 1.48 bits per heavy atom. The highest BCUT2D eigenvalue weighted by Gasteiger charge is 2.10. The number of hydrogen-bond acceptors (Lipinski definition) is 7. The van der Waals surface area contributed by atoms with E-state index in [1.807, 2.05) is 6.07 Å². The van der Waals surface area contributed by atoms with Gasteiger partial charge in [-0.25, -0.2) is 4.79 Å². The maximum Gasteiger partial charge on any atom is 0.357 e. The van der Waals surface area contributed by atoms with Gasteiger partial charge >= 0.3 is 5.97 Å². The number of benzene rings is 1. The molecule has 7 nitrogen and oxygen atoms in total. The van der Waals surface area contributed by atoms with E-state index in [9.17, 15) is 20.0 Å². The Morgan fingerprint density at radius 2 is 2.28 bits per heavy atom. The van der Waals surface area contributed by atoms with E-state index < -0.39 is 5.97 Å². The van der Waals surface area contributed by atoms with Crippen LogP contribution >= 0.6 is 11.3 Å². The number of ether oxygens (including phenoxy) is 1. The number of thiazole rings is 1. The normalized spacial score (nSPS) is 9.55. The topological polar surface area (TPSA) is 104 Å². The number of hydrogen-bond donors (Lipinski definition) is 2. The zero-order valence-electron chi connectivity index (χ0n) is 15.8. The molecule has 2 rings (SSSR count). The summed E-state index contributed by atoms with van der Waals surface area (Å²) >= 11 is 1.06. The van der Waals surface area contributed by atoms with Crippen LogP contribution in [0.2, 0.25) is 0 Å². The highest BCUT2D eigenvalue weighted by Crippen LogP contribution is 2.10. The number of nitriles is 1. The summed E-state index contributed by atoms with van der Waals surface area (Å²) in [5.41, 5.74) is 6.39. The van der Waals surface area contributed by atoms with E-state index in [1.54, 1.807) is 31.2 Å². The van der Waals surface area contributed by atoms with Crippen molar-refractivity contribution in [3.63, 3.8) is 0 Å². The van der Waals surface area contributed by atoms with E-state index in [-0.39, 0.29) is 28.9 Å². The second-order valence-electron chi connectivity index (χ2n) is 5.58. The number of esters is 1. The van der Waals surface area contributed by atoms with Gasteiger partial charge < -0.3 is 15.2 Å². The Morgan fingerprint density at radius 3 is 2.93 bits per heavy atom. The summed E-state index contributed by atoms with van der Waals surface area (Å²) < 4.78 is 6.85. The minimum atomic E-state index is -0.831. The number of aliphatic hydroxyl groups is 1. The van der Waals surface area contributed by atoms with Crippen molar-refractivity contribution < 1.29 is 14.6 Å². The molecule has 2 N–H and O–H groups in total. The van der Waals surface area contributed by atoms with Crippen molar-refractivity contribution >= 4 is 34.5 Å². The molecule has 0 aliphatic carbocycles. The van der Waals surface area contributed by atoms with E-state index in [2.05, 4.69) is 23.4 Å². The van der Waals surface area contributed by atoms with Gasteiger partial charge in [-0.1, -0.05) is 47.6 Å². The van der Waals surface area contributed by atoms with Crippen LogP contribution in [-0.2, 0) is 22.7 Å². The fraction of sp³-hybridized carbons (Fsp3) is 0.190. The van der Waals surface area contributed by atoms with Crippen LogP contribution < -0.4 is 20.1 Å². The van der Waals surface area contributed by atoms with Crippen molar-refractivity contribution in [2.75, 3.05) is 11.9 Å². The van der Waals surface area contributed by atoms with Gasteiger partial charge in [0.05, 0.1) is 6.61 Å². The maximum atomic E-state index is 12.5. The van der Waals surface area contributed by atoms with Crippen molar-refractivity contribution in [2.24, 2.45) is 0 Å². The van der Waals surface area contributed by atoms with Gasteiger partial charge in [-0.05, 0) is 24.6 Å². The molecule has 0 spiro atoms. The van der Waals surface area contributed by atoms with Crippen molar-refractivity contribution in [1.29, 1.82) is 5.26 Å². The van der Waals surface area contributed by atoms with Crippen LogP contribution in [-0.4, -0.2) is 22.2 Å². The van der Waals surface area contributed by atoms with Crippen molar-refractivity contribution in [1.82, 2.24) is 4.57 Å². The molecule has 0 amide bonds. The lowest BCUT2D eigenvalue weighted by atomic mass is 10.2. The molecule has 8 heteroatoms. The lowest BCUT2D eigenvalue weighted by Crippen LogP contribution is -2.30. The first-order valence-electron chi connectivity index (χ1n) is 8.64. The minimum absolute atomic E-state index is 0.0262. The Hall–Kier alpha value is -3.59. The third-order valence-electron chi connectivity index (χ3n) is 3.63. The molecule has 29 heavy (non-hydrogen) atoms. The van der Waals surface area contributed by atoms with E-state index in [1.165, 1.54) is 16.8 Å². The minimum Gasteiger partial charge on any atom is -0.457 e. The molecule has 0 aliphatic heterocycles. The second-order valence-corrected chi connectivity index (χ2v) is 6.58. The van der Waals surface area contributed by atoms with Crippen LogP contribution in [0.3, 0.4) is 0 Å². The summed E-state index contributed by atoms with van der Waals surface area (Å²) in [6.07, 6.45) is 2.88. The number of carbonyl (C=O) groups is 1. The lowest BCUT2D eigenvalue weighted by Gasteiger charge is -2.01. The average molecular weight is 409 g/mol. The molecule has 0 fully saturated rings. The van der Waals surface area contributed by atoms with Crippen LogP contribution in [0, 0.1) is 11.3 Å². The molecule has 1 aromatic carbocycles. The Kier molecular flexibility index (Phi) is 7.99. The van der Waals surface area contributed by atoms with E-state index >= 15 is 0 Å². The number of nitrogens with one attached hydrogen (secondary N) is 1. The number of aliphatic hydroxyl groups excluding tert-OH is 1. The lowest BCUT2D eigenvalue weighted by molar-refractivity contribution is -0.137. The molecule has 1 heterocycles. The molecule has 148 valence electrons. The smallest absolute Gasteiger partial charge is 0.357 e. The molecule has 0 unspecified atom stereocenters. The molecule has 0 bridgehead atoms. The van der Waals surface area contributed by atoms with Crippen molar-refractivity contribution in [2.45, 2.75) is 20.1 Å². The quantitative estimate of drug-likeness (QED) is 0.306. The van der Waals surface area contributed by atoms with Crippen LogP contribution in [0.1, 0.15) is 12.5 Å². The summed E-state index contributed by atoms with van der Waals surface area (Å²) in [5.74, 6) is -0.831. The van der Waals surface area contributed by atoms with Crippen molar-refractivity contribution in [3.8, 4) is 6.07 Å². The maximum absolute atomic E-state index is 12.5. The van der Waals surface area contributed by atoms with Gasteiger partial charge in [0.2, 0.25) is 0 Å². The van der Waals surface area contributed by atoms with Gasteiger partial charge in [0, 0.05) is 18.4 Å². The molecule has 0 atom stereocenters. The van der Waals surface area contributed by atoms with Crippen LogP contribution in [0.5, 0.6) is 0 Å². The molecule has 2 aromatic rings. The van der Waals surface area contributed by atoms with Gasteiger partial charge in [-0.3, -0.25) is 9.36 Å². The predicted octanol–water partition coefficient (Wildman–Crippen LogP) is 0.986. The zero-order valence-corrected chi connectivity index (χ0v) is 16.6. The third kappa shape index (κ3) is 5.69. The third-order valence-corrected chi connectivity index (χ3v) is 4.64. The molecule has 1 aromatic heterocycles. The number of anilines is 1. The highest BCUT2D eigenvalue weighted by molar-refractivity contribution is 7.07. The van der Waals surface area contributed by atoms with Crippen LogP contribution in [0.25, 0.3) is 11.5 Å². The average Bonchev–Trinajstić information content (AvgIpc) is 3.04. The molecule has 0 saturated heterocycles. The first-order chi connectivity index (χ1) is 14.0. The fourth-order valence-corrected chi connectivity index (χ4v) is 3.25. The van der Waals surface area contributed by atoms with Gasteiger partial charge in [-0.15, -0.1) is 0 Å². The molecular weight excluding hydrogens is 390 g/mol. The van der Waals surface area contributed by atoms with Gasteiger partial charge in [0.15, 0.2) is 5.57 Å². The molecular formula is C21H19N3O4S. The summed E-state index contributed by atoms with van der Waals surface area (Å²) in [7, 11) is 0. The summed E-state index contributed by atoms with van der Waals surface area (Å²) in [4.78, 5) is 24.4. The Bertz CT molecular complexity index is 1200. The van der Waals surface area contributed by atoms with E-state index in [4.69, 9.17) is 4.74 Å². The van der Waals surface area contributed by atoms with E-state index in [0.717, 1.165) is 22.6 Å². The first kappa shape index (κ1) is 21.7. The SMILES string of the molecule is C=CCOC(=O)C(=C=c1sc(=C=CNc2cccc(CO)c2)c(=O)n1CC)C#N. The second kappa shape index (κ2) is 10.7. The number of carbonyl (C=O) groups excluding carboxylic acids is 1. The fourth-order valence-electron chi connectivity index (χ4n) is 2.26. The van der Waals surface area contributed by atoms with Crippen LogP contribution in [0.15, 0.2) is 53.5 Å². The summed E-state index contributed by atoms with van der Waals surface area (Å²) in [5, 5.41) is 21.4. The first-order valence-corrected chi connectivity index (χ1v) is 9.45.